The van der Waals surface area contributed by atoms with Crippen LogP contribution >= 0.6 is 23.2 Å². The first-order chi connectivity index (χ1) is 10.9. The smallest absolute Gasteiger partial charge is 0.317 e. The minimum absolute atomic E-state index is 0.0378. The highest BCUT2D eigenvalue weighted by Crippen LogP contribution is 2.26. The van der Waals surface area contributed by atoms with Crippen molar-refractivity contribution < 1.29 is 9.59 Å². The van der Waals surface area contributed by atoms with Gasteiger partial charge in [-0.2, -0.15) is 0 Å². The van der Waals surface area contributed by atoms with Crippen LogP contribution in [0.15, 0.2) is 18.2 Å². The first kappa shape index (κ1) is 19.6. The number of hydrogen-bond acceptors (Lipinski definition) is 2. The molecular formula is C16H23Cl2N3O2. The zero-order valence-corrected chi connectivity index (χ0v) is 15.2. The van der Waals surface area contributed by atoms with E-state index in [-0.39, 0.29) is 11.9 Å². The standard InChI is InChI=1S/C16H23Cl2N3O2/c1-4-21(5-2)14(22)9-10-19-16(23)20(3)11-12-7-6-8-13(17)15(12)18/h6-8H,4-5,9-11H2,1-3H3,(H,19,23). The highest BCUT2D eigenvalue weighted by atomic mass is 35.5. The summed E-state index contributed by atoms with van der Waals surface area (Å²) >= 11 is 12.1. The second-order valence-electron chi connectivity index (χ2n) is 5.12. The van der Waals surface area contributed by atoms with E-state index in [2.05, 4.69) is 5.32 Å². The second kappa shape index (κ2) is 9.63. The number of urea groups is 1. The highest BCUT2D eigenvalue weighted by molar-refractivity contribution is 6.42. The zero-order chi connectivity index (χ0) is 17.4. The van der Waals surface area contributed by atoms with Gasteiger partial charge in [-0.3, -0.25) is 4.79 Å². The Balaban J connectivity index is 2.46. The third-order valence-electron chi connectivity index (χ3n) is 3.52. The summed E-state index contributed by atoms with van der Waals surface area (Å²) in [7, 11) is 1.67. The molecule has 0 saturated heterocycles. The van der Waals surface area contributed by atoms with Crippen molar-refractivity contribution in [1.82, 2.24) is 15.1 Å². The summed E-state index contributed by atoms with van der Waals surface area (Å²) < 4.78 is 0. The van der Waals surface area contributed by atoms with Gasteiger partial charge in [0.1, 0.15) is 0 Å². The molecule has 128 valence electrons. The fraction of sp³-hybridized carbons (Fsp3) is 0.500. The SMILES string of the molecule is CCN(CC)C(=O)CCNC(=O)N(C)Cc1cccc(Cl)c1Cl. The van der Waals surface area contributed by atoms with E-state index in [0.29, 0.717) is 42.6 Å². The topological polar surface area (TPSA) is 52.7 Å². The van der Waals surface area contributed by atoms with E-state index < -0.39 is 0 Å². The molecule has 0 spiro atoms. The minimum Gasteiger partial charge on any atom is -0.343 e. The molecule has 0 aliphatic carbocycles. The van der Waals surface area contributed by atoms with Crippen LogP contribution < -0.4 is 5.32 Å². The number of nitrogens with one attached hydrogen (secondary N) is 1. The maximum absolute atomic E-state index is 12.0. The quantitative estimate of drug-likeness (QED) is 0.810. The molecule has 0 aromatic heterocycles. The highest BCUT2D eigenvalue weighted by Gasteiger charge is 2.13. The lowest BCUT2D eigenvalue weighted by molar-refractivity contribution is -0.130. The van der Waals surface area contributed by atoms with Gasteiger partial charge in [0, 0.05) is 39.6 Å². The van der Waals surface area contributed by atoms with Gasteiger partial charge in [-0.05, 0) is 25.5 Å². The molecule has 0 aliphatic heterocycles. The van der Waals surface area contributed by atoms with E-state index in [1.807, 2.05) is 19.9 Å². The zero-order valence-electron chi connectivity index (χ0n) is 13.7. The minimum atomic E-state index is -0.256. The van der Waals surface area contributed by atoms with E-state index in [1.165, 1.54) is 4.90 Å². The summed E-state index contributed by atoms with van der Waals surface area (Å²) in [6.45, 7) is 5.87. The molecule has 0 heterocycles. The molecule has 0 bridgehead atoms. The molecule has 0 aliphatic rings. The van der Waals surface area contributed by atoms with Gasteiger partial charge in [0.05, 0.1) is 10.0 Å². The molecular weight excluding hydrogens is 337 g/mol. The summed E-state index contributed by atoms with van der Waals surface area (Å²) in [5.41, 5.74) is 0.774. The van der Waals surface area contributed by atoms with Crippen LogP contribution in [0.4, 0.5) is 4.79 Å². The number of carbonyl (C=O) groups is 2. The van der Waals surface area contributed by atoms with Crippen LogP contribution in [0.25, 0.3) is 0 Å². The Morgan fingerprint density at radius 3 is 2.43 bits per heavy atom. The van der Waals surface area contributed by atoms with Crippen molar-refractivity contribution in [3.05, 3.63) is 33.8 Å². The van der Waals surface area contributed by atoms with E-state index in [4.69, 9.17) is 23.2 Å². The summed E-state index contributed by atoms with van der Waals surface area (Å²) in [5, 5.41) is 3.64. The van der Waals surface area contributed by atoms with Crippen molar-refractivity contribution >= 4 is 35.1 Å². The van der Waals surface area contributed by atoms with Crippen molar-refractivity contribution in [3.8, 4) is 0 Å². The van der Waals surface area contributed by atoms with E-state index in [9.17, 15) is 9.59 Å². The fourth-order valence-corrected chi connectivity index (χ4v) is 2.52. The third-order valence-corrected chi connectivity index (χ3v) is 4.38. The number of rotatable bonds is 7. The van der Waals surface area contributed by atoms with Crippen LogP contribution in [0.1, 0.15) is 25.8 Å². The Morgan fingerprint density at radius 2 is 1.83 bits per heavy atom. The first-order valence-electron chi connectivity index (χ1n) is 7.60. The summed E-state index contributed by atoms with van der Waals surface area (Å²) in [5.74, 6) is 0.0378. The number of hydrogen-bond donors (Lipinski definition) is 1. The normalized spacial score (nSPS) is 10.3. The Morgan fingerprint density at radius 1 is 1.17 bits per heavy atom. The second-order valence-corrected chi connectivity index (χ2v) is 5.90. The molecule has 7 heteroatoms. The lowest BCUT2D eigenvalue weighted by Crippen LogP contribution is -2.39. The number of nitrogens with zero attached hydrogens (tertiary/aromatic N) is 2. The van der Waals surface area contributed by atoms with Crippen LogP contribution in [0.2, 0.25) is 10.0 Å². The van der Waals surface area contributed by atoms with Crippen LogP contribution in [-0.4, -0.2) is 48.4 Å². The van der Waals surface area contributed by atoms with E-state index in [0.717, 1.165) is 5.56 Å². The predicted octanol–water partition coefficient (Wildman–Crippen LogP) is 3.39. The molecule has 5 nitrogen and oxygen atoms in total. The molecule has 1 N–H and O–H groups in total. The maximum atomic E-state index is 12.0. The number of halogens is 2. The molecule has 1 rings (SSSR count). The number of carbonyl (C=O) groups excluding carboxylic acids is 2. The van der Waals surface area contributed by atoms with E-state index in [1.54, 1.807) is 24.1 Å². The summed E-state index contributed by atoms with van der Waals surface area (Å²) in [6, 6.07) is 5.06. The van der Waals surface area contributed by atoms with Crippen molar-refractivity contribution in [2.45, 2.75) is 26.8 Å². The van der Waals surface area contributed by atoms with Gasteiger partial charge >= 0.3 is 6.03 Å². The van der Waals surface area contributed by atoms with Gasteiger partial charge < -0.3 is 15.1 Å². The Labute approximate surface area is 147 Å². The van der Waals surface area contributed by atoms with Crippen molar-refractivity contribution in [2.75, 3.05) is 26.7 Å². The van der Waals surface area contributed by atoms with Crippen molar-refractivity contribution in [1.29, 1.82) is 0 Å². The lowest BCUT2D eigenvalue weighted by atomic mass is 10.2. The average molecular weight is 360 g/mol. The average Bonchev–Trinajstić information content (AvgIpc) is 2.52. The molecule has 0 radical (unpaired) electrons. The Hall–Kier alpha value is -1.46. The molecule has 0 unspecified atom stereocenters. The predicted molar refractivity (Wildman–Crippen MR) is 93.9 cm³/mol. The van der Waals surface area contributed by atoms with Gasteiger partial charge in [-0.25, -0.2) is 4.79 Å². The van der Waals surface area contributed by atoms with Crippen molar-refractivity contribution in [3.63, 3.8) is 0 Å². The molecule has 0 atom stereocenters. The molecule has 0 saturated carbocycles. The fourth-order valence-electron chi connectivity index (χ4n) is 2.14. The molecule has 23 heavy (non-hydrogen) atoms. The molecule has 3 amide bonds. The largest absolute Gasteiger partial charge is 0.343 e. The molecule has 1 aromatic carbocycles. The van der Waals surface area contributed by atoms with Gasteiger partial charge in [-0.15, -0.1) is 0 Å². The monoisotopic (exact) mass is 359 g/mol. The van der Waals surface area contributed by atoms with Gasteiger partial charge in [-0.1, -0.05) is 35.3 Å². The van der Waals surface area contributed by atoms with Crippen molar-refractivity contribution in [2.24, 2.45) is 0 Å². The van der Waals surface area contributed by atoms with Gasteiger partial charge in [0.25, 0.3) is 0 Å². The number of amides is 3. The Kier molecular flexibility index (Phi) is 8.20. The third kappa shape index (κ3) is 5.92. The lowest BCUT2D eigenvalue weighted by Gasteiger charge is -2.21. The molecule has 1 aromatic rings. The maximum Gasteiger partial charge on any atom is 0.317 e. The molecule has 0 fully saturated rings. The van der Waals surface area contributed by atoms with Gasteiger partial charge in [0.15, 0.2) is 0 Å². The van der Waals surface area contributed by atoms with Crippen LogP contribution in [-0.2, 0) is 11.3 Å². The summed E-state index contributed by atoms with van der Waals surface area (Å²) in [4.78, 5) is 27.1. The van der Waals surface area contributed by atoms with Crippen LogP contribution in [0.5, 0.6) is 0 Å². The summed E-state index contributed by atoms with van der Waals surface area (Å²) in [6.07, 6.45) is 0.291. The van der Waals surface area contributed by atoms with Crippen LogP contribution in [0, 0.1) is 0 Å². The van der Waals surface area contributed by atoms with E-state index >= 15 is 0 Å². The first-order valence-corrected chi connectivity index (χ1v) is 8.35. The number of benzene rings is 1. The van der Waals surface area contributed by atoms with Crippen LogP contribution in [0.3, 0.4) is 0 Å². The Bertz CT molecular complexity index is 548. The van der Waals surface area contributed by atoms with Gasteiger partial charge in [0.2, 0.25) is 5.91 Å².